The molecule has 1 heterocycles. The van der Waals surface area contributed by atoms with E-state index in [9.17, 15) is 13.2 Å². The Kier molecular flexibility index (Phi) is 3.96. The maximum atomic E-state index is 12.5. The Labute approximate surface area is 92.6 Å². The van der Waals surface area contributed by atoms with Crippen molar-refractivity contribution >= 4 is 0 Å². The van der Waals surface area contributed by atoms with E-state index in [0.717, 1.165) is 12.1 Å². The number of aromatic nitrogens is 2. The molecule has 0 amide bonds. The molecule has 0 aliphatic carbocycles. The molecular weight excluding hydrogens is 219 g/mol. The second-order valence-corrected chi connectivity index (χ2v) is 3.69. The van der Waals surface area contributed by atoms with Crippen molar-refractivity contribution < 1.29 is 13.2 Å². The van der Waals surface area contributed by atoms with Crippen LogP contribution in [0.4, 0.5) is 13.2 Å². The lowest BCUT2D eigenvalue weighted by Crippen LogP contribution is -2.42. The predicted molar refractivity (Wildman–Crippen MR) is 55.2 cm³/mol. The number of hydrogen-bond acceptors (Lipinski definition) is 2. The van der Waals surface area contributed by atoms with Crippen LogP contribution in [0.25, 0.3) is 0 Å². The van der Waals surface area contributed by atoms with Crippen molar-refractivity contribution in [1.82, 2.24) is 15.1 Å². The summed E-state index contributed by atoms with van der Waals surface area (Å²) in [5, 5.41) is 6.40. The molecule has 0 saturated carbocycles. The van der Waals surface area contributed by atoms with E-state index in [1.54, 1.807) is 13.1 Å². The van der Waals surface area contributed by atoms with E-state index in [-0.39, 0.29) is 6.42 Å². The normalized spacial score (nSPS) is 14.1. The van der Waals surface area contributed by atoms with Crippen LogP contribution in [0.5, 0.6) is 0 Å². The first kappa shape index (κ1) is 13.0. The standard InChI is InChI=1S/C10H16F3N3/c1-4-7-5-8(16(3)15-7)6-9(14-2)10(11,12)13/h5,9,14H,4,6H2,1-3H3. The molecule has 92 valence electrons. The molecule has 0 aliphatic rings. The minimum absolute atomic E-state index is 0.0938. The number of nitrogens with one attached hydrogen (secondary N) is 1. The molecule has 0 aromatic carbocycles. The summed E-state index contributed by atoms with van der Waals surface area (Å²) in [5.74, 6) is 0. The lowest BCUT2D eigenvalue weighted by Gasteiger charge is -2.19. The summed E-state index contributed by atoms with van der Waals surface area (Å²) in [6.45, 7) is 1.92. The van der Waals surface area contributed by atoms with Crippen LogP contribution in [0.15, 0.2) is 6.07 Å². The summed E-state index contributed by atoms with van der Waals surface area (Å²) in [7, 11) is 2.98. The summed E-state index contributed by atoms with van der Waals surface area (Å²) in [4.78, 5) is 0. The van der Waals surface area contributed by atoms with Gasteiger partial charge in [0.2, 0.25) is 0 Å². The predicted octanol–water partition coefficient (Wildman–Crippen LogP) is 1.68. The SMILES string of the molecule is CCc1cc(CC(NC)C(F)(F)F)n(C)n1. The molecule has 3 nitrogen and oxygen atoms in total. The van der Waals surface area contributed by atoms with Gasteiger partial charge < -0.3 is 5.32 Å². The van der Waals surface area contributed by atoms with Gasteiger partial charge in [-0.3, -0.25) is 4.68 Å². The number of aryl methyl sites for hydroxylation is 2. The zero-order valence-corrected chi connectivity index (χ0v) is 9.60. The number of rotatable bonds is 4. The fourth-order valence-electron chi connectivity index (χ4n) is 1.53. The molecule has 1 unspecified atom stereocenters. The zero-order chi connectivity index (χ0) is 12.3. The molecule has 0 radical (unpaired) electrons. The second-order valence-electron chi connectivity index (χ2n) is 3.69. The monoisotopic (exact) mass is 235 g/mol. The molecule has 6 heteroatoms. The third-order valence-electron chi connectivity index (χ3n) is 2.55. The lowest BCUT2D eigenvalue weighted by atomic mass is 10.1. The van der Waals surface area contributed by atoms with Gasteiger partial charge in [0.15, 0.2) is 0 Å². The van der Waals surface area contributed by atoms with Crippen LogP contribution < -0.4 is 5.32 Å². The van der Waals surface area contributed by atoms with Crippen molar-refractivity contribution in [2.24, 2.45) is 7.05 Å². The Morgan fingerprint density at radius 2 is 2.12 bits per heavy atom. The van der Waals surface area contributed by atoms with Crippen LogP contribution in [0.2, 0.25) is 0 Å². The van der Waals surface area contributed by atoms with Gasteiger partial charge in [0.25, 0.3) is 0 Å². The third kappa shape index (κ3) is 2.98. The van der Waals surface area contributed by atoms with E-state index < -0.39 is 12.2 Å². The third-order valence-corrected chi connectivity index (χ3v) is 2.55. The quantitative estimate of drug-likeness (QED) is 0.860. The smallest absolute Gasteiger partial charge is 0.309 e. The molecule has 0 bridgehead atoms. The van der Waals surface area contributed by atoms with Crippen LogP contribution in [-0.2, 0) is 19.9 Å². The molecule has 0 saturated heterocycles. The summed E-state index contributed by atoms with van der Waals surface area (Å²) in [5.41, 5.74) is 1.41. The Balaban J connectivity index is 2.82. The highest BCUT2D eigenvalue weighted by Gasteiger charge is 2.38. The van der Waals surface area contributed by atoms with Crippen molar-refractivity contribution in [3.05, 3.63) is 17.5 Å². The molecule has 0 fully saturated rings. The first-order chi connectivity index (χ1) is 7.38. The summed E-state index contributed by atoms with van der Waals surface area (Å²) >= 11 is 0. The van der Waals surface area contributed by atoms with Crippen LogP contribution in [0.3, 0.4) is 0 Å². The maximum Gasteiger partial charge on any atom is 0.404 e. The molecule has 0 spiro atoms. The van der Waals surface area contributed by atoms with Gasteiger partial charge in [-0.25, -0.2) is 0 Å². The van der Waals surface area contributed by atoms with Gasteiger partial charge in [0.05, 0.1) is 5.69 Å². The first-order valence-corrected chi connectivity index (χ1v) is 5.14. The molecule has 16 heavy (non-hydrogen) atoms. The van der Waals surface area contributed by atoms with E-state index in [1.165, 1.54) is 11.7 Å². The van der Waals surface area contributed by atoms with Crippen molar-refractivity contribution in [3.8, 4) is 0 Å². The van der Waals surface area contributed by atoms with E-state index in [4.69, 9.17) is 0 Å². The number of hydrogen-bond donors (Lipinski definition) is 1. The highest BCUT2D eigenvalue weighted by molar-refractivity contribution is 5.12. The average Bonchev–Trinajstić information content (AvgIpc) is 2.54. The molecule has 1 aromatic heterocycles. The van der Waals surface area contributed by atoms with Gasteiger partial charge in [-0.1, -0.05) is 6.92 Å². The lowest BCUT2D eigenvalue weighted by molar-refractivity contribution is -0.154. The van der Waals surface area contributed by atoms with Crippen molar-refractivity contribution in [1.29, 1.82) is 0 Å². The van der Waals surface area contributed by atoms with Crippen LogP contribution in [0, 0.1) is 0 Å². The maximum absolute atomic E-state index is 12.5. The largest absolute Gasteiger partial charge is 0.404 e. The van der Waals surface area contributed by atoms with Gasteiger partial charge in [-0.15, -0.1) is 0 Å². The first-order valence-electron chi connectivity index (χ1n) is 5.14. The van der Waals surface area contributed by atoms with Crippen LogP contribution in [0.1, 0.15) is 18.3 Å². The highest BCUT2D eigenvalue weighted by Crippen LogP contribution is 2.23. The number of alkyl halides is 3. The van der Waals surface area contributed by atoms with Gasteiger partial charge in [0.1, 0.15) is 6.04 Å². The van der Waals surface area contributed by atoms with Gasteiger partial charge in [-0.05, 0) is 19.5 Å². The number of nitrogens with zero attached hydrogens (tertiary/aromatic N) is 2. The molecule has 1 aromatic rings. The van der Waals surface area contributed by atoms with Crippen molar-refractivity contribution in [2.75, 3.05) is 7.05 Å². The Bertz CT molecular complexity index is 344. The fourth-order valence-corrected chi connectivity index (χ4v) is 1.53. The van der Waals surface area contributed by atoms with E-state index in [0.29, 0.717) is 5.69 Å². The van der Waals surface area contributed by atoms with Gasteiger partial charge >= 0.3 is 6.18 Å². The number of halogens is 3. The van der Waals surface area contributed by atoms with Crippen LogP contribution in [-0.4, -0.2) is 29.0 Å². The molecule has 1 rings (SSSR count). The summed E-state index contributed by atoms with van der Waals surface area (Å²) in [6.07, 6.45) is -3.60. The summed E-state index contributed by atoms with van der Waals surface area (Å²) < 4.78 is 39.1. The van der Waals surface area contributed by atoms with Gasteiger partial charge in [-0.2, -0.15) is 18.3 Å². The fraction of sp³-hybridized carbons (Fsp3) is 0.700. The number of likely N-dealkylation sites (N-methyl/N-ethyl adjacent to an activating group) is 1. The second kappa shape index (κ2) is 4.86. The Morgan fingerprint density at radius 3 is 2.50 bits per heavy atom. The molecule has 1 atom stereocenters. The van der Waals surface area contributed by atoms with E-state index in [2.05, 4.69) is 10.4 Å². The van der Waals surface area contributed by atoms with Crippen LogP contribution >= 0.6 is 0 Å². The highest BCUT2D eigenvalue weighted by atomic mass is 19.4. The zero-order valence-electron chi connectivity index (χ0n) is 9.60. The Hall–Kier alpha value is -1.04. The molecule has 0 aliphatic heterocycles. The molecular formula is C10H16F3N3. The molecule has 1 N–H and O–H groups in total. The van der Waals surface area contributed by atoms with Crippen molar-refractivity contribution in [3.63, 3.8) is 0 Å². The summed E-state index contributed by atoms with van der Waals surface area (Å²) in [6, 6.07) is 0.198. The Morgan fingerprint density at radius 1 is 1.50 bits per heavy atom. The minimum Gasteiger partial charge on any atom is -0.309 e. The topological polar surface area (TPSA) is 29.9 Å². The van der Waals surface area contributed by atoms with E-state index in [1.807, 2.05) is 6.92 Å². The van der Waals surface area contributed by atoms with Gasteiger partial charge in [0, 0.05) is 19.2 Å². The van der Waals surface area contributed by atoms with Crippen molar-refractivity contribution in [2.45, 2.75) is 32.0 Å². The van der Waals surface area contributed by atoms with E-state index >= 15 is 0 Å². The average molecular weight is 235 g/mol. The minimum atomic E-state index is -4.23.